The Bertz CT molecular complexity index is 601. The predicted molar refractivity (Wildman–Crippen MR) is 118 cm³/mol. The number of nitrogens with zero attached hydrogens (tertiary/aromatic N) is 2. The van der Waals surface area contributed by atoms with Crippen LogP contribution in [0.3, 0.4) is 0 Å². The minimum Gasteiger partial charge on any atom is -0.460 e. The molecule has 0 fully saturated rings. The fraction of sp³-hybridized carbons (Fsp3) is 0.762. The van der Waals surface area contributed by atoms with E-state index in [0.717, 1.165) is 63.4 Å². The number of hydrogen-bond acceptors (Lipinski definition) is 5. The molecule has 160 valence electrons. The first kappa shape index (κ1) is 24.4. The third-order valence-electron chi connectivity index (χ3n) is 4.03. The lowest BCUT2D eigenvalue weighted by atomic mass is 10.1. The maximum Gasteiger partial charge on any atom is 0.306 e. The van der Waals surface area contributed by atoms with Crippen LogP contribution >= 0.6 is 11.3 Å². The van der Waals surface area contributed by atoms with E-state index in [1.54, 1.807) is 11.3 Å². The number of aryl methyl sites for hydroxylation is 2. The first-order valence-corrected chi connectivity index (χ1v) is 11.2. The quantitative estimate of drug-likeness (QED) is 0.248. The highest BCUT2D eigenvalue weighted by Crippen LogP contribution is 2.16. The fourth-order valence-electron chi connectivity index (χ4n) is 2.59. The number of carbonyl (C=O) groups is 1. The first-order chi connectivity index (χ1) is 13.2. The van der Waals surface area contributed by atoms with Crippen LogP contribution in [0.15, 0.2) is 4.99 Å². The van der Waals surface area contributed by atoms with Crippen molar-refractivity contribution in [3.05, 3.63) is 15.6 Å². The molecule has 0 saturated heterocycles. The summed E-state index contributed by atoms with van der Waals surface area (Å²) >= 11 is 1.77. The fourth-order valence-corrected chi connectivity index (χ4v) is 3.53. The van der Waals surface area contributed by atoms with Crippen molar-refractivity contribution in [3.8, 4) is 0 Å². The van der Waals surface area contributed by atoms with Gasteiger partial charge in [-0.15, -0.1) is 11.3 Å². The number of nitrogens with one attached hydrogen (secondary N) is 2. The number of guanidine groups is 1. The molecule has 0 aliphatic rings. The van der Waals surface area contributed by atoms with Crippen LogP contribution in [0.25, 0.3) is 0 Å². The summed E-state index contributed by atoms with van der Waals surface area (Å²) in [6, 6.07) is 0. The average molecular weight is 411 g/mol. The number of carbonyl (C=O) groups excluding carboxylic acids is 1. The molecule has 0 spiro atoms. The van der Waals surface area contributed by atoms with Gasteiger partial charge in [-0.1, -0.05) is 12.8 Å². The number of aliphatic imine (C=N–C) groups is 1. The zero-order valence-electron chi connectivity index (χ0n) is 18.5. The van der Waals surface area contributed by atoms with Gasteiger partial charge in [0.05, 0.1) is 10.7 Å². The highest BCUT2D eigenvalue weighted by Gasteiger charge is 2.15. The second-order valence-electron chi connectivity index (χ2n) is 7.94. The number of unbranched alkanes of at least 4 members (excludes halogenated alkanes) is 3. The second kappa shape index (κ2) is 12.8. The van der Waals surface area contributed by atoms with Crippen LogP contribution in [0.4, 0.5) is 0 Å². The van der Waals surface area contributed by atoms with Crippen molar-refractivity contribution >= 4 is 23.3 Å². The number of hydrogen-bond donors (Lipinski definition) is 2. The SMILES string of the molecule is CCNC(=NCCCCCCC(=O)OC(C)(C)C)NCCc1nc(C)c(C)s1. The Balaban J connectivity index is 2.19. The van der Waals surface area contributed by atoms with E-state index < -0.39 is 5.60 Å². The van der Waals surface area contributed by atoms with Crippen molar-refractivity contribution in [1.82, 2.24) is 15.6 Å². The zero-order valence-corrected chi connectivity index (χ0v) is 19.3. The summed E-state index contributed by atoms with van der Waals surface area (Å²) in [6.45, 7) is 14.4. The van der Waals surface area contributed by atoms with Gasteiger partial charge in [0.15, 0.2) is 5.96 Å². The van der Waals surface area contributed by atoms with Crippen molar-refractivity contribution in [2.45, 2.75) is 85.7 Å². The second-order valence-corrected chi connectivity index (χ2v) is 9.23. The van der Waals surface area contributed by atoms with E-state index in [1.807, 2.05) is 20.8 Å². The molecule has 0 radical (unpaired) electrons. The molecule has 0 aliphatic heterocycles. The number of aromatic nitrogens is 1. The number of thiazole rings is 1. The van der Waals surface area contributed by atoms with Crippen molar-refractivity contribution in [3.63, 3.8) is 0 Å². The Labute approximate surface area is 174 Å². The van der Waals surface area contributed by atoms with E-state index in [9.17, 15) is 4.79 Å². The van der Waals surface area contributed by atoms with Crippen LogP contribution in [0.5, 0.6) is 0 Å². The monoisotopic (exact) mass is 410 g/mol. The number of rotatable bonds is 11. The van der Waals surface area contributed by atoms with Crippen molar-refractivity contribution < 1.29 is 9.53 Å². The smallest absolute Gasteiger partial charge is 0.306 e. The Kier molecular flexibility index (Phi) is 11.1. The molecule has 0 aliphatic carbocycles. The molecule has 6 nitrogen and oxygen atoms in total. The largest absolute Gasteiger partial charge is 0.460 e. The van der Waals surface area contributed by atoms with E-state index in [1.165, 1.54) is 9.88 Å². The third-order valence-corrected chi connectivity index (χ3v) is 5.16. The summed E-state index contributed by atoms with van der Waals surface area (Å²) in [6.07, 6.45) is 5.42. The third kappa shape index (κ3) is 11.3. The van der Waals surface area contributed by atoms with Crippen molar-refractivity contribution in [1.29, 1.82) is 0 Å². The summed E-state index contributed by atoms with van der Waals surface area (Å²) in [4.78, 5) is 22.2. The molecule has 1 heterocycles. The number of esters is 1. The molecule has 1 rings (SSSR count). The zero-order chi connectivity index (χ0) is 21.0. The molecule has 0 atom stereocenters. The molecular weight excluding hydrogens is 372 g/mol. The molecule has 0 saturated carbocycles. The lowest BCUT2D eigenvalue weighted by molar-refractivity contribution is -0.154. The highest BCUT2D eigenvalue weighted by atomic mass is 32.1. The summed E-state index contributed by atoms with van der Waals surface area (Å²) < 4.78 is 5.32. The van der Waals surface area contributed by atoms with Crippen LogP contribution in [0, 0.1) is 13.8 Å². The van der Waals surface area contributed by atoms with Crippen LogP contribution in [-0.4, -0.2) is 42.1 Å². The Morgan fingerprint density at radius 2 is 1.86 bits per heavy atom. The Hall–Kier alpha value is -1.63. The van der Waals surface area contributed by atoms with E-state index in [2.05, 4.69) is 41.4 Å². The highest BCUT2D eigenvalue weighted by molar-refractivity contribution is 7.11. The molecule has 0 amide bonds. The first-order valence-electron chi connectivity index (χ1n) is 10.4. The van der Waals surface area contributed by atoms with Gasteiger partial charge in [-0.3, -0.25) is 9.79 Å². The van der Waals surface area contributed by atoms with E-state index in [4.69, 9.17) is 4.74 Å². The van der Waals surface area contributed by atoms with Crippen LogP contribution < -0.4 is 10.6 Å². The molecule has 1 aromatic heterocycles. The topological polar surface area (TPSA) is 75.6 Å². The van der Waals surface area contributed by atoms with Gasteiger partial charge in [-0.25, -0.2) is 4.98 Å². The summed E-state index contributed by atoms with van der Waals surface area (Å²) in [5, 5.41) is 7.84. The van der Waals surface area contributed by atoms with Crippen molar-refractivity contribution in [2.24, 2.45) is 4.99 Å². The summed E-state index contributed by atoms with van der Waals surface area (Å²) in [7, 11) is 0. The van der Waals surface area contributed by atoms with E-state index >= 15 is 0 Å². The molecular formula is C21H38N4O2S. The van der Waals surface area contributed by atoms with E-state index in [-0.39, 0.29) is 5.97 Å². The maximum absolute atomic E-state index is 11.7. The van der Waals surface area contributed by atoms with Gasteiger partial charge in [0.1, 0.15) is 5.60 Å². The molecule has 1 aromatic rings. The van der Waals surface area contributed by atoms with Gasteiger partial charge in [-0.2, -0.15) is 0 Å². The van der Waals surface area contributed by atoms with Gasteiger partial charge < -0.3 is 15.4 Å². The average Bonchev–Trinajstić information content (AvgIpc) is 2.90. The van der Waals surface area contributed by atoms with E-state index in [0.29, 0.717) is 6.42 Å². The maximum atomic E-state index is 11.7. The number of ether oxygens (including phenoxy) is 1. The minimum atomic E-state index is -0.390. The van der Waals surface area contributed by atoms with Gasteiger partial charge in [-0.05, 0) is 54.4 Å². The molecule has 7 heteroatoms. The molecule has 2 N–H and O–H groups in total. The van der Waals surface area contributed by atoms with Gasteiger partial charge in [0, 0.05) is 37.4 Å². The normalized spacial score (nSPS) is 12.1. The molecule has 0 aromatic carbocycles. The van der Waals surface area contributed by atoms with Crippen molar-refractivity contribution in [2.75, 3.05) is 19.6 Å². The van der Waals surface area contributed by atoms with Crippen LogP contribution in [0.1, 0.15) is 75.4 Å². The Morgan fingerprint density at radius 3 is 2.46 bits per heavy atom. The van der Waals surface area contributed by atoms with Crippen LogP contribution in [0.2, 0.25) is 0 Å². The minimum absolute atomic E-state index is 0.102. The standard InChI is InChI=1S/C21H38N4O2S/c1-7-22-20(24-15-13-18-25-16(2)17(3)28-18)23-14-11-9-8-10-12-19(26)27-21(4,5)6/h7-15H2,1-6H3,(H2,22,23,24). The summed E-state index contributed by atoms with van der Waals surface area (Å²) in [5.41, 5.74) is 0.742. The van der Waals surface area contributed by atoms with Crippen LogP contribution in [-0.2, 0) is 16.0 Å². The predicted octanol–water partition coefficient (Wildman–Crippen LogP) is 4.15. The lowest BCUT2D eigenvalue weighted by Crippen LogP contribution is -2.38. The molecule has 0 bridgehead atoms. The lowest BCUT2D eigenvalue weighted by Gasteiger charge is -2.19. The van der Waals surface area contributed by atoms with Gasteiger partial charge in [0.2, 0.25) is 0 Å². The molecule has 0 unspecified atom stereocenters. The summed E-state index contributed by atoms with van der Waals surface area (Å²) in [5.74, 6) is 0.760. The van der Waals surface area contributed by atoms with Gasteiger partial charge in [0.25, 0.3) is 0 Å². The Morgan fingerprint density at radius 1 is 1.14 bits per heavy atom. The van der Waals surface area contributed by atoms with Gasteiger partial charge >= 0.3 is 5.97 Å². The molecule has 28 heavy (non-hydrogen) atoms.